The highest BCUT2D eigenvalue weighted by Crippen LogP contribution is 2.23. The van der Waals surface area contributed by atoms with Crippen molar-refractivity contribution in [3.05, 3.63) is 83.5 Å². The van der Waals surface area contributed by atoms with Crippen LogP contribution in [0.5, 0.6) is 0 Å². The Morgan fingerprint density at radius 2 is 1.64 bits per heavy atom. The Kier molecular flexibility index (Phi) is 5.44. The first-order chi connectivity index (χ1) is 13.7. The zero-order valence-electron chi connectivity index (χ0n) is 15.4. The Morgan fingerprint density at radius 1 is 0.893 bits per heavy atom. The molecule has 6 heteroatoms. The van der Waals surface area contributed by atoms with Crippen LogP contribution in [0.25, 0.3) is 0 Å². The van der Waals surface area contributed by atoms with Gasteiger partial charge < -0.3 is 15.1 Å². The van der Waals surface area contributed by atoms with Crippen molar-refractivity contribution in [1.29, 1.82) is 0 Å². The zero-order valence-corrected chi connectivity index (χ0v) is 16.1. The van der Waals surface area contributed by atoms with Crippen molar-refractivity contribution < 1.29 is 4.79 Å². The Labute approximate surface area is 169 Å². The van der Waals surface area contributed by atoms with E-state index in [4.69, 9.17) is 11.6 Å². The van der Waals surface area contributed by atoms with E-state index in [0.29, 0.717) is 5.56 Å². The summed E-state index contributed by atoms with van der Waals surface area (Å²) in [6, 6.07) is 21.0. The molecule has 0 saturated carbocycles. The Bertz CT molecular complexity index is 956. The second-order valence-corrected chi connectivity index (χ2v) is 7.11. The molecule has 28 heavy (non-hydrogen) atoms. The molecule has 1 aliphatic heterocycles. The first-order valence-electron chi connectivity index (χ1n) is 9.27. The summed E-state index contributed by atoms with van der Waals surface area (Å²) in [5.41, 5.74) is 2.52. The third-order valence-corrected chi connectivity index (χ3v) is 5.05. The van der Waals surface area contributed by atoms with Crippen molar-refractivity contribution in [1.82, 2.24) is 4.98 Å². The number of nitrogens with zero attached hydrogens (tertiary/aromatic N) is 3. The molecule has 5 nitrogen and oxygen atoms in total. The number of aromatic nitrogens is 1. The highest BCUT2D eigenvalue weighted by Gasteiger charge is 2.19. The van der Waals surface area contributed by atoms with Gasteiger partial charge in [-0.2, -0.15) is 0 Å². The summed E-state index contributed by atoms with van der Waals surface area (Å²) >= 11 is 6.11. The average molecular weight is 393 g/mol. The van der Waals surface area contributed by atoms with Crippen LogP contribution in [0.2, 0.25) is 5.02 Å². The van der Waals surface area contributed by atoms with Crippen LogP contribution in [0.15, 0.2) is 72.9 Å². The maximum atomic E-state index is 12.5. The lowest BCUT2D eigenvalue weighted by Gasteiger charge is -2.36. The quantitative estimate of drug-likeness (QED) is 0.718. The fourth-order valence-corrected chi connectivity index (χ4v) is 3.51. The average Bonchev–Trinajstić information content (AvgIpc) is 2.75. The number of piperazine rings is 1. The van der Waals surface area contributed by atoms with Crippen molar-refractivity contribution in [3.63, 3.8) is 0 Å². The first kappa shape index (κ1) is 18.3. The number of nitrogens with one attached hydrogen (secondary N) is 1. The monoisotopic (exact) mass is 392 g/mol. The van der Waals surface area contributed by atoms with E-state index >= 15 is 0 Å². The number of rotatable bonds is 4. The Balaban J connectivity index is 1.42. The number of amides is 1. The van der Waals surface area contributed by atoms with Gasteiger partial charge in [-0.25, -0.2) is 4.98 Å². The van der Waals surface area contributed by atoms with E-state index in [-0.39, 0.29) is 5.91 Å². The predicted molar refractivity (Wildman–Crippen MR) is 115 cm³/mol. The summed E-state index contributed by atoms with van der Waals surface area (Å²) in [4.78, 5) is 21.5. The van der Waals surface area contributed by atoms with Crippen LogP contribution in [-0.4, -0.2) is 37.1 Å². The van der Waals surface area contributed by atoms with E-state index in [9.17, 15) is 4.79 Å². The lowest BCUT2D eigenvalue weighted by molar-refractivity contribution is 0.102. The van der Waals surface area contributed by atoms with Crippen molar-refractivity contribution >= 4 is 34.7 Å². The smallest absolute Gasteiger partial charge is 0.255 e. The Morgan fingerprint density at radius 3 is 2.39 bits per heavy atom. The largest absolute Gasteiger partial charge is 0.368 e. The van der Waals surface area contributed by atoms with Gasteiger partial charge in [-0.05, 0) is 42.5 Å². The minimum absolute atomic E-state index is 0.132. The minimum Gasteiger partial charge on any atom is -0.368 e. The molecule has 1 fully saturated rings. The second-order valence-electron chi connectivity index (χ2n) is 6.68. The number of halogens is 1. The molecular weight excluding hydrogens is 372 g/mol. The van der Waals surface area contributed by atoms with Gasteiger partial charge in [0.05, 0.1) is 0 Å². The van der Waals surface area contributed by atoms with Gasteiger partial charge >= 0.3 is 0 Å². The summed E-state index contributed by atoms with van der Waals surface area (Å²) in [5.74, 6) is 0.693. The van der Waals surface area contributed by atoms with E-state index in [1.165, 1.54) is 0 Å². The van der Waals surface area contributed by atoms with Crippen molar-refractivity contribution in [2.45, 2.75) is 0 Å². The maximum Gasteiger partial charge on any atom is 0.255 e. The molecule has 1 N–H and O–H groups in total. The van der Waals surface area contributed by atoms with Gasteiger partial charge in [0.15, 0.2) is 0 Å². The van der Waals surface area contributed by atoms with Gasteiger partial charge in [-0.3, -0.25) is 4.79 Å². The van der Waals surface area contributed by atoms with E-state index in [1.807, 2.05) is 54.6 Å². The summed E-state index contributed by atoms with van der Waals surface area (Å²) in [5, 5.41) is 3.67. The molecule has 1 amide bonds. The Hall–Kier alpha value is -3.05. The topological polar surface area (TPSA) is 48.5 Å². The molecule has 142 valence electrons. The van der Waals surface area contributed by atoms with Gasteiger partial charge in [0.1, 0.15) is 5.82 Å². The number of hydrogen-bond acceptors (Lipinski definition) is 4. The molecule has 2 heterocycles. The van der Waals surface area contributed by atoms with Crippen LogP contribution in [0.3, 0.4) is 0 Å². The summed E-state index contributed by atoms with van der Waals surface area (Å²) in [6.45, 7) is 3.43. The van der Waals surface area contributed by atoms with Crippen LogP contribution in [0.4, 0.5) is 17.2 Å². The maximum absolute atomic E-state index is 12.5. The number of para-hydroxylation sites is 1. The highest BCUT2D eigenvalue weighted by atomic mass is 35.5. The molecule has 0 radical (unpaired) electrons. The molecular formula is C22H21ClN4O. The van der Waals surface area contributed by atoms with Gasteiger partial charge in [0.2, 0.25) is 0 Å². The molecule has 1 aliphatic rings. The number of anilines is 3. The molecule has 4 rings (SSSR count). The summed E-state index contributed by atoms with van der Waals surface area (Å²) in [6.07, 6.45) is 1.69. The fourth-order valence-electron chi connectivity index (χ4n) is 3.32. The van der Waals surface area contributed by atoms with Gasteiger partial charge in [-0.1, -0.05) is 35.9 Å². The van der Waals surface area contributed by atoms with Crippen LogP contribution in [0.1, 0.15) is 10.4 Å². The second kappa shape index (κ2) is 8.31. The molecule has 0 atom stereocenters. The molecule has 0 aliphatic carbocycles. The van der Waals surface area contributed by atoms with E-state index in [1.54, 1.807) is 12.3 Å². The van der Waals surface area contributed by atoms with Crippen molar-refractivity contribution in [3.8, 4) is 0 Å². The van der Waals surface area contributed by atoms with Crippen LogP contribution in [-0.2, 0) is 0 Å². The first-order valence-corrected chi connectivity index (χ1v) is 9.65. The predicted octanol–water partition coefficient (Wildman–Crippen LogP) is 4.31. The fraction of sp³-hybridized carbons (Fsp3) is 0.182. The van der Waals surface area contributed by atoms with Gasteiger partial charge in [-0.15, -0.1) is 0 Å². The highest BCUT2D eigenvalue weighted by molar-refractivity contribution is 6.30. The van der Waals surface area contributed by atoms with Crippen LogP contribution < -0.4 is 15.1 Å². The summed E-state index contributed by atoms with van der Waals surface area (Å²) in [7, 11) is 0. The third kappa shape index (κ3) is 4.26. The molecule has 1 saturated heterocycles. The minimum atomic E-state index is -0.132. The number of carbonyl (C=O) groups is 1. The summed E-state index contributed by atoms with van der Waals surface area (Å²) < 4.78 is 0. The number of pyridine rings is 1. The molecule has 0 bridgehead atoms. The molecule has 0 unspecified atom stereocenters. The van der Waals surface area contributed by atoms with Crippen LogP contribution in [0, 0.1) is 0 Å². The number of hydrogen-bond donors (Lipinski definition) is 1. The third-order valence-electron chi connectivity index (χ3n) is 4.82. The van der Waals surface area contributed by atoms with Crippen LogP contribution >= 0.6 is 11.6 Å². The lowest BCUT2D eigenvalue weighted by atomic mass is 10.2. The molecule has 2 aromatic carbocycles. The number of benzene rings is 2. The van der Waals surface area contributed by atoms with Crippen molar-refractivity contribution in [2.24, 2.45) is 0 Å². The van der Waals surface area contributed by atoms with E-state index in [2.05, 4.69) is 26.2 Å². The van der Waals surface area contributed by atoms with E-state index < -0.39 is 0 Å². The molecule has 0 spiro atoms. The molecule has 3 aromatic rings. The lowest BCUT2D eigenvalue weighted by Crippen LogP contribution is -2.46. The zero-order chi connectivity index (χ0) is 19.3. The normalized spacial score (nSPS) is 14.0. The van der Waals surface area contributed by atoms with Gasteiger partial charge in [0.25, 0.3) is 5.91 Å². The van der Waals surface area contributed by atoms with Gasteiger partial charge in [0, 0.05) is 54.3 Å². The SMILES string of the molecule is O=C(Nc1ccccc1)c1ccnc(N2CCN(c3cccc(Cl)c3)CC2)c1. The molecule has 1 aromatic heterocycles. The standard InChI is InChI=1S/C22H21ClN4O/c23-18-5-4-8-20(16-18)26-11-13-27(14-12-26)21-15-17(9-10-24-21)22(28)25-19-6-2-1-3-7-19/h1-10,15-16H,11-14H2,(H,25,28). The van der Waals surface area contributed by atoms with Crippen molar-refractivity contribution in [2.75, 3.05) is 41.3 Å². The number of carbonyl (C=O) groups excluding carboxylic acids is 1. The van der Waals surface area contributed by atoms with E-state index in [0.717, 1.165) is 48.4 Å².